The van der Waals surface area contributed by atoms with Crippen molar-refractivity contribution in [1.29, 1.82) is 0 Å². The molecule has 0 saturated carbocycles. The lowest BCUT2D eigenvalue weighted by Gasteiger charge is -2.18. The van der Waals surface area contributed by atoms with Crippen molar-refractivity contribution < 1.29 is 19.1 Å². The summed E-state index contributed by atoms with van der Waals surface area (Å²) in [5, 5.41) is 5.29. The smallest absolute Gasteiger partial charge is 0.238 e. The van der Waals surface area contributed by atoms with Crippen LogP contribution in [-0.4, -0.2) is 29.4 Å². The lowest BCUT2D eigenvalue weighted by Crippen LogP contribution is -2.49. The Hall–Kier alpha value is -4.24. The second-order valence-corrected chi connectivity index (χ2v) is 8.16. The second kappa shape index (κ2) is 13.6. The number of hydrogen-bond donors (Lipinski definition) is 4. The van der Waals surface area contributed by atoms with Gasteiger partial charge in [0.1, 0.15) is 5.75 Å². The number of amides is 3. The van der Waals surface area contributed by atoms with Crippen molar-refractivity contribution in [2.75, 3.05) is 11.9 Å². The number of anilines is 1. The number of nitrogens with one attached hydrogen (secondary N) is 4. The van der Waals surface area contributed by atoms with Gasteiger partial charge in [0.25, 0.3) is 0 Å². The predicted octanol–water partition coefficient (Wildman–Crippen LogP) is 3.66. The van der Waals surface area contributed by atoms with Gasteiger partial charge in [-0.1, -0.05) is 60.7 Å². The normalized spacial score (nSPS) is 10.3. The van der Waals surface area contributed by atoms with E-state index in [1.165, 1.54) is 0 Å². The molecule has 0 unspecified atom stereocenters. The summed E-state index contributed by atoms with van der Waals surface area (Å²) in [7, 11) is 0. The van der Waals surface area contributed by atoms with Gasteiger partial charge in [0.2, 0.25) is 17.7 Å². The molecular formula is C27H28N4O4S. The van der Waals surface area contributed by atoms with Gasteiger partial charge < -0.3 is 15.4 Å². The Balaban J connectivity index is 1.45. The molecule has 4 N–H and O–H groups in total. The zero-order valence-corrected chi connectivity index (χ0v) is 20.6. The highest BCUT2D eigenvalue weighted by Gasteiger charge is 2.23. The summed E-state index contributed by atoms with van der Waals surface area (Å²) >= 11 is 5.17. The van der Waals surface area contributed by atoms with Crippen molar-refractivity contribution in [2.45, 2.75) is 25.7 Å². The molecular weight excluding hydrogens is 476 g/mol. The topological polar surface area (TPSA) is 109 Å². The Bertz CT molecular complexity index is 1130. The van der Waals surface area contributed by atoms with Gasteiger partial charge in [-0.15, -0.1) is 0 Å². The first-order valence-electron chi connectivity index (χ1n) is 11.5. The van der Waals surface area contributed by atoms with Crippen molar-refractivity contribution in [3.63, 3.8) is 0 Å². The highest BCUT2D eigenvalue weighted by Crippen LogP contribution is 2.24. The molecule has 0 radical (unpaired) electrons. The third kappa shape index (κ3) is 8.21. The van der Waals surface area contributed by atoms with Crippen LogP contribution in [0.25, 0.3) is 0 Å². The van der Waals surface area contributed by atoms with E-state index < -0.39 is 11.8 Å². The van der Waals surface area contributed by atoms with E-state index in [2.05, 4.69) is 21.5 Å². The Labute approximate surface area is 215 Å². The van der Waals surface area contributed by atoms with Crippen LogP contribution < -0.4 is 26.2 Å². The van der Waals surface area contributed by atoms with E-state index in [1.54, 1.807) is 24.3 Å². The standard InChI is InChI=1S/C27H28N4O4S/c1-2-35-22-15-13-21(14-16-22)28-23(32)17-18-24(33)30-31-27(36)29-26(34)25(19-9-5-3-6-10-19)20-11-7-4-8-12-20/h3-16,25H,2,17-18H2,1H3,(H,28,32)(H,30,33)(H2,29,31,34,36). The zero-order valence-electron chi connectivity index (χ0n) is 19.8. The minimum atomic E-state index is -0.575. The van der Waals surface area contributed by atoms with E-state index in [4.69, 9.17) is 17.0 Å². The summed E-state index contributed by atoms with van der Waals surface area (Å²) in [5.41, 5.74) is 7.15. The van der Waals surface area contributed by atoms with Gasteiger partial charge in [-0.25, -0.2) is 0 Å². The summed E-state index contributed by atoms with van der Waals surface area (Å²) in [4.78, 5) is 37.3. The van der Waals surface area contributed by atoms with E-state index in [0.717, 1.165) is 11.1 Å². The summed E-state index contributed by atoms with van der Waals surface area (Å²) < 4.78 is 5.36. The number of carbonyl (C=O) groups is 3. The number of benzene rings is 3. The number of ether oxygens (including phenoxy) is 1. The Morgan fingerprint density at radius 1 is 0.778 bits per heavy atom. The van der Waals surface area contributed by atoms with Crippen LogP contribution in [0.5, 0.6) is 5.75 Å². The summed E-state index contributed by atoms with van der Waals surface area (Å²) in [6.45, 7) is 2.45. The third-order valence-electron chi connectivity index (χ3n) is 5.11. The maximum Gasteiger partial charge on any atom is 0.238 e. The molecule has 3 aromatic carbocycles. The van der Waals surface area contributed by atoms with Crippen LogP contribution in [0.3, 0.4) is 0 Å². The number of rotatable bonds is 9. The monoisotopic (exact) mass is 504 g/mol. The molecule has 0 fully saturated rings. The largest absolute Gasteiger partial charge is 0.494 e. The number of carbonyl (C=O) groups excluding carboxylic acids is 3. The SMILES string of the molecule is CCOc1ccc(NC(=O)CCC(=O)NNC(=S)NC(=O)C(c2ccccc2)c2ccccc2)cc1. The van der Waals surface area contributed by atoms with Crippen LogP contribution in [0.15, 0.2) is 84.9 Å². The minimum Gasteiger partial charge on any atom is -0.494 e. The molecule has 0 heterocycles. The summed E-state index contributed by atoms with van der Waals surface area (Å²) in [6, 6.07) is 25.6. The fourth-order valence-corrected chi connectivity index (χ4v) is 3.59. The van der Waals surface area contributed by atoms with Crippen molar-refractivity contribution in [2.24, 2.45) is 0 Å². The van der Waals surface area contributed by atoms with Gasteiger partial charge >= 0.3 is 0 Å². The molecule has 0 saturated heterocycles. The van der Waals surface area contributed by atoms with Crippen LogP contribution >= 0.6 is 12.2 Å². The fourth-order valence-electron chi connectivity index (χ4n) is 3.44. The van der Waals surface area contributed by atoms with E-state index in [0.29, 0.717) is 18.0 Å². The molecule has 3 aromatic rings. The van der Waals surface area contributed by atoms with Crippen molar-refractivity contribution in [3.8, 4) is 5.75 Å². The predicted molar refractivity (Wildman–Crippen MR) is 142 cm³/mol. The molecule has 9 heteroatoms. The van der Waals surface area contributed by atoms with Crippen LogP contribution in [0.1, 0.15) is 36.8 Å². The minimum absolute atomic E-state index is 0.0239. The number of hydrazine groups is 1. The van der Waals surface area contributed by atoms with Gasteiger partial charge in [0.15, 0.2) is 5.11 Å². The molecule has 0 aliphatic carbocycles. The third-order valence-corrected chi connectivity index (χ3v) is 5.31. The molecule has 0 bridgehead atoms. The first-order chi connectivity index (χ1) is 17.5. The molecule has 0 aliphatic rings. The fraction of sp³-hybridized carbons (Fsp3) is 0.185. The highest BCUT2D eigenvalue weighted by atomic mass is 32.1. The molecule has 3 rings (SSSR count). The summed E-state index contributed by atoms with van der Waals surface area (Å²) in [5.74, 6) is -0.958. The Kier molecular flexibility index (Phi) is 9.96. The van der Waals surface area contributed by atoms with E-state index in [9.17, 15) is 14.4 Å². The zero-order chi connectivity index (χ0) is 25.8. The molecule has 0 aromatic heterocycles. The van der Waals surface area contributed by atoms with Crippen LogP contribution in [0.2, 0.25) is 0 Å². The molecule has 36 heavy (non-hydrogen) atoms. The Morgan fingerprint density at radius 2 is 1.33 bits per heavy atom. The molecule has 0 spiro atoms. The molecule has 0 aliphatic heterocycles. The van der Waals surface area contributed by atoms with Crippen LogP contribution in [0.4, 0.5) is 5.69 Å². The van der Waals surface area contributed by atoms with Gasteiger partial charge in [0, 0.05) is 18.5 Å². The summed E-state index contributed by atoms with van der Waals surface area (Å²) in [6.07, 6.45) is -0.0903. The number of hydrogen-bond acceptors (Lipinski definition) is 5. The average Bonchev–Trinajstić information content (AvgIpc) is 2.89. The lowest BCUT2D eigenvalue weighted by atomic mass is 9.90. The van der Waals surface area contributed by atoms with Gasteiger partial charge in [-0.3, -0.25) is 25.2 Å². The van der Waals surface area contributed by atoms with Gasteiger partial charge in [0.05, 0.1) is 12.5 Å². The maximum absolute atomic E-state index is 13.0. The van der Waals surface area contributed by atoms with Gasteiger partial charge in [-0.2, -0.15) is 0 Å². The van der Waals surface area contributed by atoms with E-state index in [1.807, 2.05) is 67.6 Å². The van der Waals surface area contributed by atoms with Crippen molar-refractivity contribution >= 4 is 40.7 Å². The lowest BCUT2D eigenvalue weighted by molar-refractivity contribution is -0.124. The van der Waals surface area contributed by atoms with E-state index >= 15 is 0 Å². The van der Waals surface area contributed by atoms with Gasteiger partial charge in [-0.05, 0) is 54.5 Å². The highest BCUT2D eigenvalue weighted by molar-refractivity contribution is 7.80. The van der Waals surface area contributed by atoms with Crippen molar-refractivity contribution in [1.82, 2.24) is 16.2 Å². The molecule has 186 valence electrons. The molecule has 0 atom stereocenters. The average molecular weight is 505 g/mol. The Morgan fingerprint density at radius 3 is 1.89 bits per heavy atom. The van der Waals surface area contributed by atoms with Crippen LogP contribution in [0, 0.1) is 0 Å². The molecule has 8 nitrogen and oxygen atoms in total. The second-order valence-electron chi connectivity index (χ2n) is 7.75. The maximum atomic E-state index is 13.0. The van der Waals surface area contributed by atoms with Crippen molar-refractivity contribution in [3.05, 3.63) is 96.1 Å². The quantitative estimate of drug-likeness (QED) is 0.262. The molecule has 3 amide bonds. The van der Waals surface area contributed by atoms with Crippen LogP contribution in [-0.2, 0) is 14.4 Å². The first kappa shape index (κ1) is 26.4. The first-order valence-corrected chi connectivity index (χ1v) is 11.9. The van der Waals surface area contributed by atoms with E-state index in [-0.39, 0.29) is 29.8 Å². The number of thiocarbonyl (C=S) groups is 1.